The highest BCUT2D eigenvalue weighted by Gasteiger charge is 2.46. The lowest BCUT2D eigenvalue weighted by molar-refractivity contribution is 0.649. The van der Waals surface area contributed by atoms with E-state index in [9.17, 15) is 0 Å². The lowest BCUT2D eigenvalue weighted by Crippen LogP contribution is -2.21. The molecule has 2 heterocycles. The molecule has 0 amide bonds. The summed E-state index contributed by atoms with van der Waals surface area (Å²) in [6, 6.07) is 69.6. The highest BCUT2D eigenvalue weighted by atomic mass is 15.1. The molecule has 0 saturated heterocycles. The molecule has 0 fully saturated rings. The van der Waals surface area contributed by atoms with Crippen molar-refractivity contribution in [1.82, 2.24) is 4.57 Å². The van der Waals surface area contributed by atoms with Crippen molar-refractivity contribution in [2.24, 2.45) is 0 Å². The Morgan fingerprint density at radius 3 is 1.49 bits per heavy atom. The molecular weight excluding hydrogens is 917 g/mol. The van der Waals surface area contributed by atoms with Crippen molar-refractivity contribution in [3.05, 3.63) is 252 Å². The number of benzene rings is 11. The van der Waals surface area contributed by atoms with Gasteiger partial charge in [0, 0.05) is 61.3 Å². The molecular formula is C74H56N2. The van der Waals surface area contributed by atoms with E-state index in [4.69, 9.17) is 0 Å². The zero-order valence-corrected chi connectivity index (χ0v) is 43.9. The first-order valence-corrected chi connectivity index (χ1v) is 27.2. The van der Waals surface area contributed by atoms with Crippen molar-refractivity contribution in [3.63, 3.8) is 0 Å². The summed E-state index contributed by atoms with van der Waals surface area (Å²) in [7, 11) is 0. The van der Waals surface area contributed by atoms with E-state index in [1.165, 1.54) is 154 Å². The molecule has 2 heteroatoms. The predicted molar refractivity (Wildman–Crippen MR) is 324 cm³/mol. The second kappa shape index (κ2) is 15.0. The first-order chi connectivity index (χ1) is 36.9. The fourth-order valence-electron chi connectivity index (χ4n) is 14.9. The van der Waals surface area contributed by atoms with E-state index in [-0.39, 0.29) is 16.2 Å². The maximum Gasteiger partial charge on any atom is 0.0547 e. The van der Waals surface area contributed by atoms with Crippen LogP contribution in [-0.4, -0.2) is 11.1 Å². The number of hydrogen-bond acceptors (Lipinski definition) is 1. The lowest BCUT2D eigenvalue weighted by atomic mass is 9.78. The Hall–Kier alpha value is -8.72. The second-order valence-corrected chi connectivity index (χ2v) is 23.6. The third kappa shape index (κ3) is 5.56. The van der Waals surface area contributed by atoms with Gasteiger partial charge < -0.3 is 9.47 Å². The van der Waals surface area contributed by atoms with Crippen molar-refractivity contribution in [1.29, 1.82) is 0 Å². The van der Waals surface area contributed by atoms with Crippen molar-refractivity contribution in [2.45, 2.75) is 57.8 Å². The van der Waals surface area contributed by atoms with Gasteiger partial charge in [0.05, 0.1) is 16.7 Å². The number of allylic oxidation sites excluding steroid dienone is 4. The molecule has 0 unspecified atom stereocenters. The van der Waals surface area contributed by atoms with E-state index >= 15 is 0 Å². The van der Waals surface area contributed by atoms with Crippen molar-refractivity contribution in [3.8, 4) is 39.1 Å². The average molecular weight is 973 g/mol. The molecule has 12 aromatic rings. The summed E-state index contributed by atoms with van der Waals surface area (Å²) in [5.74, 6) is 0. The minimum absolute atomic E-state index is 0.232. The van der Waals surface area contributed by atoms with Gasteiger partial charge in [-0.25, -0.2) is 0 Å². The maximum absolute atomic E-state index is 4.65. The number of rotatable bonds is 2. The zero-order chi connectivity index (χ0) is 51.1. The maximum atomic E-state index is 4.65. The normalized spacial score (nSPS) is 17.0. The molecule has 11 aromatic carbocycles. The molecule has 362 valence electrons. The van der Waals surface area contributed by atoms with E-state index in [0.717, 1.165) is 12.1 Å². The Balaban J connectivity index is 0.869. The van der Waals surface area contributed by atoms with Crippen LogP contribution >= 0.6 is 0 Å². The van der Waals surface area contributed by atoms with Crippen LogP contribution in [0.2, 0.25) is 0 Å². The highest BCUT2D eigenvalue weighted by molar-refractivity contribution is 6.22. The summed E-state index contributed by atoms with van der Waals surface area (Å²) in [5.41, 5.74) is 24.2. The number of nitrogens with zero attached hydrogens (tertiary/aromatic N) is 2. The molecule has 1 aromatic heterocycles. The zero-order valence-electron chi connectivity index (χ0n) is 43.9. The van der Waals surface area contributed by atoms with Crippen molar-refractivity contribution >= 4 is 81.8 Å². The molecule has 0 bridgehead atoms. The molecule has 4 aliphatic rings. The van der Waals surface area contributed by atoms with Crippen LogP contribution < -0.4 is 4.90 Å². The van der Waals surface area contributed by atoms with Gasteiger partial charge in [-0.05, 0) is 159 Å². The first kappa shape index (κ1) is 43.7. The molecule has 76 heavy (non-hydrogen) atoms. The summed E-state index contributed by atoms with van der Waals surface area (Å²) in [5, 5.41) is 12.8. The predicted octanol–water partition coefficient (Wildman–Crippen LogP) is 19.6. The molecule has 0 atom stereocenters. The third-order valence-corrected chi connectivity index (χ3v) is 18.7. The summed E-state index contributed by atoms with van der Waals surface area (Å²) in [6.45, 7) is 20.2. The first-order valence-electron chi connectivity index (χ1n) is 27.2. The molecule has 16 rings (SSSR count). The number of fused-ring (bicyclic) bond motifs is 21. The molecule has 0 spiro atoms. The van der Waals surface area contributed by atoms with Crippen LogP contribution in [0.1, 0.15) is 80.5 Å². The second-order valence-electron chi connectivity index (χ2n) is 23.6. The Kier molecular flexibility index (Phi) is 8.61. The number of hydrogen-bond donors (Lipinski definition) is 0. The molecule has 3 aliphatic carbocycles. The minimum atomic E-state index is -0.265. The largest absolute Gasteiger partial charge is 0.337 e. The number of para-hydroxylation sites is 1. The molecule has 0 saturated carbocycles. The third-order valence-electron chi connectivity index (χ3n) is 18.7. The summed E-state index contributed by atoms with van der Waals surface area (Å²) < 4.78 is 2.55. The van der Waals surface area contributed by atoms with Crippen LogP contribution in [0.4, 0.5) is 11.4 Å². The molecule has 0 radical (unpaired) electrons. The van der Waals surface area contributed by atoms with Crippen molar-refractivity contribution < 1.29 is 0 Å². The van der Waals surface area contributed by atoms with Gasteiger partial charge in [0.15, 0.2) is 0 Å². The van der Waals surface area contributed by atoms with Gasteiger partial charge in [0.1, 0.15) is 0 Å². The van der Waals surface area contributed by atoms with Crippen LogP contribution in [0.3, 0.4) is 0 Å². The van der Waals surface area contributed by atoms with Crippen LogP contribution in [0.15, 0.2) is 213 Å². The minimum Gasteiger partial charge on any atom is -0.337 e. The van der Waals surface area contributed by atoms with Gasteiger partial charge in [-0.15, -0.1) is 0 Å². The van der Waals surface area contributed by atoms with Gasteiger partial charge in [0.25, 0.3) is 0 Å². The summed E-state index contributed by atoms with van der Waals surface area (Å²) in [4.78, 5) is 2.54. The van der Waals surface area contributed by atoms with Crippen LogP contribution in [0.25, 0.3) is 110 Å². The van der Waals surface area contributed by atoms with Crippen molar-refractivity contribution in [2.75, 3.05) is 11.4 Å². The van der Waals surface area contributed by atoms with Crippen LogP contribution in [0.5, 0.6) is 0 Å². The SMILES string of the molecule is C=C1/C=C\C=C/CN(c2cc3c(c4ccccc24)-c2cc4c(cc2C3(C)C)-c2cc3c(cc2C4(C)C)-c2c(cc(-n4c5ccccc5c5c6ccccc6ccc54)c4ccccc24)C3(C)C)c2ccc3ccccc3c21. The van der Waals surface area contributed by atoms with E-state index in [2.05, 4.69) is 264 Å². The average Bonchev–Trinajstić information content (AvgIpc) is 4.29. The fraction of sp³-hybridized carbons (Fsp3) is 0.135. The summed E-state index contributed by atoms with van der Waals surface area (Å²) >= 11 is 0. The van der Waals surface area contributed by atoms with Crippen LogP contribution in [0, 0.1) is 0 Å². The van der Waals surface area contributed by atoms with Gasteiger partial charge in [-0.2, -0.15) is 0 Å². The van der Waals surface area contributed by atoms with Gasteiger partial charge in [-0.1, -0.05) is 200 Å². The summed E-state index contributed by atoms with van der Waals surface area (Å²) in [6.07, 6.45) is 8.75. The van der Waals surface area contributed by atoms with E-state index in [1.54, 1.807) is 0 Å². The fourth-order valence-corrected chi connectivity index (χ4v) is 14.9. The van der Waals surface area contributed by atoms with E-state index < -0.39 is 0 Å². The smallest absolute Gasteiger partial charge is 0.0547 e. The van der Waals surface area contributed by atoms with Gasteiger partial charge in [-0.3, -0.25) is 0 Å². The highest BCUT2D eigenvalue weighted by Crippen LogP contribution is 2.62. The molecule has 2 nitrogen and oxygen atoms in total. The molecule has 1 aliphatic heterocycles. The van der Waals surface area contributed by atoms with Gasteiger partial charge >= 0.3 is 0 Å². The quantitative estimate of drug-likeness (QED) is 0.168. The molecule has 0 N–H and O–H groups in total. The number of aromatic nitrogens is 1. The van der Waals surface area contributed by atoms with Gasteiger partial charge in [0.2, 0.25) is 0 Å². The standard InChI is InChI=1S/C74H56N2/c1-43-21-9-8-20-36-75(64-34-32-44-22-10-12-24-46(44)68(43)64)66-41-61-69(50-28-16-14-26-48(50)66)55-39-57-53(37-59(55)73(61,4)5)54-38-60-56(40-58(54)72(57,2)3)70-51-29-17-15-27-49(51)67(42-62(70)74(60,6)7)76-63-31-19-18-30-52(63)71-47-25-13-11-23-45(47)33-35-65(71)76/h8-35,37-42H,1,36H2,2-7H3/b20-8-,21-9-. The Bertz CT molecular complexity index is 4720. The topological polar surface area (TPSA) is 8.17 Å². The number of anilines is 2. The van der Waals surface area contributed by atoms with E-state index in [1.807, 2.05) is 0 Å². The van der Waals surface area contributed by atoms with E-state index in [0.29, 0.717) is 0 Å². The lowest BCUT2D eigenvalue weighted by Gasteiger charge is -2.31. The Labute approximate surface area is 444 Å². The monoisotopic (exact) mass is 972 g/mol. The Morgan fingerprint density at radius 2 is 0.842 bits per heavy atom. The Morgan fingerprint density at radius 1 is 0.368 bits per heavy atom. The van der Waals surface area contributed by atoms with Crippen LogP contribution in [-0.2, 0) is 16.2 Å².